The van der Waals surface area contributed by atoms with Gasteiger partial charge in [0, 0.05) is 11.1 Å². The Morgan fingerprint density at radius 3 is 2.89 bits per heavy atom. The maximum atomic E-state index is 11.6. The third kappa shape index (κ3) is 1.78. The minimum Gasteiger partial charge on any atom is -0.497 e. The first-order valence-electron chi connectivity index (χ1n) is 5.98. The lowest BCUT2D eigenvalue weighted by atomic mass is 9.89. The average Bonchev–Trinajstić information content (AvgIpc) is 2.89. The highest BCUT2D eigenvalue weighted by molar-refractivity contribution is 5.91. The first-order valence-corrected chi connectivity index (χ1v) is 5.98. The van der Waals surface area contributed by atoms with E-state index in [4.69, 9.17) is 14.0 Å². The van der Waals surface area contributed by atoms with Gasteiger partial charge in [-0.05, 0) is 36.6 Å². The van der Waals surface area contributed by atoms with E-state index in [1.807, 2.05) is 18.2 Å². The highest BCUT2D eigenvalue weighted by Crippen LogP contribution is 2.37. The van der Waals surface area contributed by atoms with Crippen LogP contribution in [0.2, 0.25) is 0 Å². The number of rotatable bonds is 2. The predicted octanol–water partition coefficient (Wildman–Crippen LogP) is 2.24. The third-order valence-corrected chi connectivity index (χ3v) is 3.37. The molecule has 0 atom stereocenters. The standard InChI is InChI=1S/C14H13NO4/c1-17-9-4-6-10-8(7-9)3-5-11-12(14(16)18-2)15-19-13(10)11/h4,6-7H,3,5H2,1-2H3. The van der Waals surface area contributed by atoms with Crippen LogP contribution in [0.5, 0.6) is 5.75 Å². The second-order valence-corrected chi connectivity index (χ2v) is 4.35. The number of carbonyl (C=O) groups is 1. The van der Waals surface area contributed by atoms with Crippen LogP contribution in [0.1, 0.15) is 21.6 Å². The number of carbonyl (C=O) groups excluding carboxylic acids is 1. The summed E-state index contributed by atoms with van der Waals surface area (Å²) < 4.78 is 15.2. The third-order valence-electron chi connectivity index (χ3n) is 3.37. The van der Waals surface area contributed by atoms with Crippen LogP contribution in [-0.4, -0.2) is 25.3 Å². The van der Waals surface area contributed by atoms with Crippen molar-refractivity contribution in [2.75, 3.05) is 14.2 Å². The zero-order valence-corrected chi connectivity index (χ0v) is 10.7. The van der Waals surface area contributed by atoms with E-state index < -0.39 is 5.97 Å². The Balaban J connectivity index is 2.10. The Kier molecular flexibility index (Phi) is 2.74. The summed E-state index contributed by atoms with van der Waals surface area (Å²) in [5, 5.41) is 3.83. The number of hydrogen-bond acceptors (Lipinski definition) is 5. The summed E-state index contributed by atoms with van der Waals surface area (Å²) in [6.45, 7) is 0. The summed E-state index contributed by atoms with van der Waals surface area (Å²) in [4.78, 5) is 11.6. The van der Waals surface area contributed by atoms with Crippen LogP contribution in [0.3, 0.4) is 0 Å². The van der Waals surface area contributed by atoms with Gasteiger partial charge in [-0.2, -0.15) is 0 Å². The van der Waals surface area contributed by atoms with Crippen LogP contribution in [0.15, 0.2) is 22.7 Å². The molecular formula is C14H13NO4. The molecule has 3 rings (SSSR count). The highest BCUT2D eigenvalue weighted by Gasteiger charge is 2.28. The van der Waals surface area contributed by atoms with Gasteiger partial charge in [-0.15, -0.1) is 0 Å². The molecule has 0 saturated carbocycles. The van der Waals surface area contributed by atoms with Crippen LogP contribution in [0.4, 0.5) is 0 Å². The summed E-state index contributed by atoms with van der Waals surface area (Å²) in [5.74, 6) is 1.01. The molecule has 5 heteroatoms. The van der Waals surface area contributed by atoms with E-state index >= 15 is 0 Å². The van der Waals surface area contributed by atoms with Gasteiger partial charge in [0.05, 0.1) is 14.2 Å². The van der Waals surface area contributed by atoms with Crippen molar-refractivity contribution in [3.8, 4) is 17.1 Å². The summed E-state index contributed by atoms with van der Waals surface area (Å²) in [5.41, 5.74) is 3.20. The molecule has 2 aromatic rings. The molecule has 19 heavy (non-hydrogen) atoms. The highest BCUT2D eigenvalue weighted by atomic mass is 16.5. The molecule has 98 valence electrons. The topological polar surface area (TPSA) is 61.6 Å². The molecule has 0 spiro atoms. The molecule has 5 nitrogen and oxygen atoms in total. The molecule has 1 heterocycles. The summed E-state index contributed by atoms with van der Waals surface area (Å²) >= 11 is 0. The number of benzene rings is 1. The van der Waals surface area contributed by atoms with Gasteiger partial charge in [-0.3, -0.25) is 0 Å². The molecule has 1 aliphatic rings. The van der Waals surface area contributed by atoms with E-state index in [-0.39, 0.29) is 5.69 Å². The number of esters is 1. The van der Waals surface area contributed by atoms with Gasteiger partial charge in [-0.25, -0.2) is 4.79 Å². The first kappa shape index (κ1) is 11.8. The van der Waals surface area contributed by atoms with Gasteiger partial charge in [0.15, 0.2) is 11.5 Å². The normalized spacial score (nSPS) is 12.5. The van der Waals surface area contributed by atoms with Crippen molar-refractivity contribution < 1.29 is 18.8 Å². The van der Waals surface area contributed by atoms with Crippen molar-refractivity contribution in [3.05, 3.63) is 35.0 Å². The molecule has 0 fully saturated rings. The number of fused-ring (bicyclic) bond motifs is 3. The van der Waals surface area contributed by atoms with Crippen molar-refractivity contribution in [3.63, 3.8) is 0 Å². The fraction of sp³-hybridized carbons (Fsp3) is 0.286. The van der Waals surface area contributed by atoms with Crippen molar-refractivity contribution in [2.45, 2.75) is 12.8 Å². The van der Waals surface area contributed by atoms with Crippen molar-refractivity contribution in [2.24, 2.45) is 0 Å². The monoisotopic (exact) mass is 259 g/mol. The fourth-order valence-corrected chi connectivity index (χ4v) is 2.39. The molecule has 0 N–H and O–H groups in total. The van der Waals surface area contributed by atoms with Crippen LogP contribution in [0.25, 0.3) is 11.3 Å². The minimum absolute atomic E-state index is 0.277. The van der Waals surface area contributed by atoms with Crippen LogP contribution in [0, 0.1) is 0 Å². The van der Waals surface area contributed by atoms with Crippen molar-refractivity contribution in [1.29, 1.82) is 0 Å². The molecule has 0 bridgehead atoms. The number of ether oxygens (including phenoxy) is 2. The van der Waals surface area contributed by atoms with Crippen LogP contribution < -0.4 is 4.74 Å². The van der Waals surface area contributed by atoms with Gasteiger partial charge in [0.25, 0.3) is 0 Å². The quantitative estimate of drug-likeness (QED) is 0.774. The van der Waals surface area contributed by atoms with E-state index in [1.165, 1.54) is 7.11 Å². The lowest BCUT2D eigenvalue weighted by molar-refractivity contribution is 0.0588. The zero-order chi connectivity index (χ0) is 13.4. The number of nitrogens with zero attached hydrogens (tertiary/aromatic N) is 1. The van der Waals surface area contributed by atoms with Crippen LogP contribution >= 0.6 is 0 Å². The van der Waals surface area contributed by atoms with E-state index in [1.54, 1.807) is 7.11 Å². The van der Waals surface area contributed by atoms with Gasteiger partial charge < -0.3 is 14.0 Å². The lowest BCUT2D eigenvalue weighted by Gasteiger charge is -2.15. The molecule has 0 radical (unpaired) electrons. The Morgan fingerprint density at radius 2 is 2.16 bits per heavy atom. The molecule has 1 aromatic heterocycles. The van der Waals surface area contributed by atoms with Gasteiger partial charge in [-0.1, -0.05) is 5.16 Å². The second kappa shape index (κ2) is 4.42. The molecule has 1 aliphatic carbocycles. The maximum absolute atomic E-state index is 11.6. The fourth-order valence-electron chi connectivity index (χ4n) is 2.39. The maximum Gasteiger partial charge on any atom is 0.360 e. The Labute approximate surface area is 110 Å². The van der Waals surface area contributed by atoms with Gasteiger partial charge in [0.1, 0.15) is 5.75 Å². The Morgan fingerprint density at radius 1 is 1.32 bits per heavy atom. The Bertz CT molecular complexity index is 645. The molecule has 1 aromatic carbocycles. The largest absolute Gasteiger partial charge is 0.497 e. The van der Waals surface area contributed by atoms with Crippen molar-refractivity contribution >= 4 is 5.97 Å². The number of methoxy groups -OCH3 is 2. The average molecular weight is 259 g/mol. The van der Waals surface area contributed by atoms with E-state index in [0.717, 1.165) is 28.9 Å². The van der Waals surface area contributed by atoms with Crippen LogP contribution in [-0.2, 0) is 17.6 Å². The van der Waals surface area contributed by atoms with E-state index in [2.05, 4.69) is 5.16 Å². The molecule has 0 unspecified atom stereocenters. The van der Waals surface area contributed by atoms with Gasteiger partial charge in [0.2, 0.25) is 0 Å². The molecule has 0 saturated heterocycles. The predicted molar refractivity (Wildman–Crippen MR) is 67.2 cm³/mol. The number of hydrogen-bond donors (Lipinski definition) is 0. The SMILES string of the molecule is COC(=O)c1noc2c1CCc1cc(OC)ccc1-2. The second-order valence-electron chi connectivity index (χ2n) is 4.35. The van der Waals surface area contributed by atoms with Gasteiger partial charge >= 0.3 is 5.97 Å². The Hall–Kier alpha value is -2.30. The van der Waals surface area contributed by atoms with E-state index in [9.17, 15) is 4.79 Å². The zero-order valence-electron chi connectivity index (χ0n) is 10.7. The smallest absolute Gasteiger partial charge is 0.360 e. The first-order chi connectivity index (χ1) is 9.24. The summed E-state index contributed by atoms with van der Waals surface area (Å²) in [7, 11) is 2.98. The minimum atomic E-state index is -0.457. The summed E-state index contributed by atoms with van der Waals surface area (Å²) in [6.07, 6.45) is 1.54. The van der Waals surface area contributed by atoms with E-state index in [0.29, 0.717) is 12.2 Å². The summed E-state index contributed by atoms with van der Waals surface area (Å²) in [6, 6.07) is 5.78. The molecular weight excluding hydrogens is 246 g/mol. The number of aryl methyl sites for hydroxylation is 1. The molecule has 0 amide bonds. The lowest BCUT2D eigenvalue weighted by Crippen LogP contribution is -2.09. The van der Waals surface area contributed by atoms with Crippen molar-refractivity contribution in [1.82, 2.24) is 5.16 Å². The molecule has 0 aliphatic heterocycles. The number of aromatic nitrogens is 1.